The summed E-state index contributed by atoms with van der Waals surface area (Å²) in [5.74, 6) is -0.198. The molecule has 0 atom stereocenters. The van der Waals surface area contributed by atoms with Crippen molar-refractivity contribution in [2.45, 2.75) is 13.8 Å². The van der Waals surface area contributed by atoms with Crippen LogP contribution in [0.25, 0.3) is 0 Å². The highest BCUT2D eigenvalue weighted by molar-refractivity contribution is 8.17. The van der Waals surface area contributed by atoms with Crippen molar-refractivity contribution in [3.8, 4) is 11.7 Å². The Labute approximate surface area is 77.0 Å². The lowest BCUT2D eigenvalue weighted by molar-refractivity contribution is -0.129. The van der Waals surface area contributed by atoms with E-state index >= 15 is 0 Å². The van der Waals surface area contributed by atoms with E-state index in [9.17, 15) is 4.79 Å². The Balaban J connectivity index is 4.21. The highest BCUT2D eigenvalue weighted by Crippen LogP contribution is 2.07. The lowest BCUT2D eigenvalue weighted by atomic mass is 10.2. The van der Waals surface area contributed by atoms with Crippen LogP contribution >= 0.6 is 11.8 Å². The van der Waals surface area contributed by atoms with Gasteiger partial charge in [0.05, 0.1) is 0 Å². The molecule has 0 aliphatic carbocycles. The minimum atomic E-state index is -0.103. The number of terminal acetylenes is 1. The van der Waals surface area contributed by atoms with Gasteiger partial charge in [0.1, 0.15) is 0 Å². The van der Waals surface area contributed by atoms with E-state index in [0.717, 1.165) is 11.8 Å². The lowest BCUT2D eigenvalue weighted by Crippen LogP contribution is -2.33. The molecule has 0 aromatic carbocycles. The van der Waals surface area contributed by atoms with Gasteiger partial charge in [0.2, 0.25) is 5.91 Å². The molecule has 1 amide bonds. The molecule has 0 unspecified atom stereocenters. The molecule has 0 aliphatic rings. The SMILES string of the molecule is C#CSC(=N)N(C)C(=O)C(C)C. The number of carbonyl (C=O) groups excluding carboxylic acids is 1. The first-order valence-electron chi connectivity index (χ1n) is 3.49. The standard InChI is InChI=1S/C8H12N2OS/c1-5-12-8(9)10(4)7(11)6(2)3/h1,6,9H,2-4H3. The fourth-order valence-corrected chi connectivity index (χ4v) is 0.950. The molecule has 0 aromatic heterocycles. The molecule has 0 radical (unpaired) electrons. The Kier molecular flexibility index (Phi) is 4.45. The van der Waals surface area contributed by atoms with Crippen LogP contribution in [0.4, 0.5) is 0 Å². The highest BCUT2D eigenvalue weighted by Gasteiger charge is 2.16. The molecular weight excluding hydrogens is 172 g/mol. The molecule has 0 rings (SSSR count). The van der Waals surface area contributed by atoms with Gasteiger partial charge in [0.25, 0.3) is 0 Å². The van der Waals surface area contributed by atoms with Gasteiger partial charge < -0.3 is 0 Å². The number of rotatable bonds is 1. The maximum Gasteiger partial charge on any atom is 0.230 e. The number of nitrogens with one attached hydrogen (secondary N) is 1. The van der Waals surface area contributed by atoms with E-state index in [4.69, 9.17) is 11.8 Å². The van der Waals surface area contributed by atoms with Crippen molar-refractivity contribution in [2.24, 2.45) is 5.92 Å². The average Bonchev–Trinajstić information content (AvgIpc) is 2.02. The van der Waals surface area contributed by atoms with Crippen LogP contribution in [-0.2, 0) is 4.79 Å². The van der Waals surface area contributed by atoms with Crippen LogP contribution in [0.1, 0.15) is 13.8 Å². The number of thioether (sulfide) groups is 1. The van der Waals surface area contributed by atoms with Gasteiger partial charge in [0.15, 0.2) is 5.17 Å². The van der Waals surface area contributed by atoms with Gasteiger partial charge in [-0.15, -0.1) is 6.42 Å². The molecular formula is C8H12N2OS. The normalized spacial score (nSPS) is 9.25. The van der Waals surface area contributed by atoms with Crippen LogP contribution in [0.15, 0.2) is 0 Å². The van der Waals surface area contributed by atoms with E-state index < -0.39 is 0 Å². The minimum Gasteiger partial charge on any atom is -0.294 e. The second kappa shape index (κ2) is 4.83. The molecule has 0 aliphatic heterocycles. The highest BCUT2D eigenvalue weighted by atomic mass is 32.2. The smallest absolute Gasteiger partial charge is 0.230 e. The zero-order valence-corrected chi connectivity index (χ0v) is 8.23. The third-order valence-electron chi connectivity index (χ3n) is 1.28. The molecule has 3 nitrogen and oxygen atoms in total. The van der Waals surface area contributed by atoms with Gasteiger partial charge in [-0.25, -0.2) is 0 Å². The predicted octanol–water partition coefficient (Wildman–Crippen LogP) is 1.36. The number of amidine groups is 1. The summed E-state index contributed by atoms with van der Waals surface area (Å²) in [5, 5.41) is 9.68. The Bertz CT molecular complexity index is 230. The van der Waals surface area contributed by atoms with Crippen LogP contribution in [0.2, 0.25) is 0 Å². The van der Waals surface area contributed by atoms with Gasteiger partial charge in [-0.2, -0.15) is 0 Å². The molecule has 0 saturated heterocycles. The first-order valence-corrected chi connectivity index (χ1v) is 4.31. The molecule has 0 heterocycles. The van der Waals surface area contributed by atoms with E-state index in [2.05, 4.69) is 5.25 Å². The largest absolute Gasteiger partial charge is 0.294 e. The molecule has 12 heavy (non-hydrogen) atoms. The zero-order valence-electron chi connectivity index (χ0n) is 7.42. The topological polar surface area (TPSA) is 44.2 Å². The zero-order chi connectivity index (χ0) is 9.72. The van der Waals surface area contributed by atoms with Crippen LogP contribution in [-0.4, -0.2) is 23.0 Å². The average molecular weight is 184 g/mol. The van der Waals surface area contributed by atoms with Crippen molar-refractivity contribution in [3.63, 3.8) is 0 Å². The predicted molar refractivity (Wildman–Crippen MR) is 51.8 cm³/mol. The molecule has 0 bridgehead atoms. The fraction of sp³-hybridized carbons (Fsp3) is 0.500. The quantitative estimate of drug-likeness (QED) is 0.380. The number of amides is 1. The Morgan fingerprint density at radius 2 is 2.17 bits per heavy atom. The summed E-state index contributed by atoms with van der Waals surface area (Å²) in [6, 6.07) is 0. The summed E-state index contributed by atoms with van der Waals surface area (Å²) < 4.78 is 0. The van der Waals surface area contributed by atoms with Crippen LogP contribution < -0.4 is 0 Å². The second-order valence-electron chi connectivity index (χ2n) is 2.58. The number of nitrogens with zero attached hydrogens (tertiary/aromatic N) is 1. The lowest BCUT2D eigenvalue weighted by Gasteiger charge is -2.17. The first-order chi connectivity index (χ1) is 5.50. The maximum atomic E-state index is 11.3. The second-order valence-corrected chi connectivity index (χ2v) is 3.40. The first kappa shape index (κ1) is 11.1. The van der Waals surface area contributed by atoms with Crippen LogP contribution in [0, 0.1) is 23.0 Å². The van der Waals surface area contributed by atoms with E-state index in [-0.39, 0.29) is 17.0 Å². The molecule has 1 N–H and O–H groups in total. The van der Waals surface area contributed by atoms with Crippen molar-refractivity contribution >= 4 is 22.8 Å². The summed E-state index contributed by atoms with van der Waals surface area (Å²) in [6.45, 7) is 3.57. The Morgan fingerprint density at radius 1 is 1.67 bits per heavy atom. The fourth-order valence-electron chi connectivity index (χ4n) is 0.612. The summed E-state index contributed by atoms with van der Waals surface area (Å²) in [6.07, 6.45) is 4.98. The minimum absolute atomic E-state index is 0.0937. The molecule has 66 valence electrons. The van der Waals surface area contributed by atoms with Gasteiger partial charge in [-0.3, -0.25) is 15.1 Å². The van der Waals surface area contributed by atoms with E-state index in [1.165, 1.54) is 4.90 Å². The Hall–Kier alpha value is -0.950. The number of carbonyl (C=O) groups is 1. The van der Waals surface area contributed by atoms with Crippen molar-refractivity contribution in [2.75, 3.05) is 7.05 Å². The third kappa shape index (κ3) is 2.97. The monoisotopic (exact) mass is 184 g/mol. The van der Waals surface area contributed by atoms with E-state index in [1.807, 2.05) is 0 Å². The van der Waals surface area contributed by atoms with Gasteiger partial charge in [0, 0.05) is 13.0 Å². The number of hydrogen-bond acceptors (Lipinski definition) is 3. The van der Waals surface area contributed by atoms with E-state index in [0.29, 0.717) is 0 Å². The van der Waals surface area contributed by atoms with Crippen molar-refractivity contribution < 1.29 is 4.79 Å². The summed E-state index contributed by atoms with van der Waals surface area (Å²) in [7, 11) is 1.55. The summed E-state index contributed by atoms with van der Waals surface area (Å²) >= 11 is 0.901. The van der Waals surface area contributed by atoms with Gasteiger partial charge in [-0.1, -0.05) is 13.8 Å². The van der Waals surface area contributed by atoms with Crippen molar-refractivity contribution in [1.82, 2.24) is 4.90 Å². The van der Waals surface area contributed by atoms with Crippen molar-refractivity contribution in [1.29, 1.82) is 5.41 Å². The van der Waals surface area contributed by atoms with Crippen LogP contribution in [0.5, 0.6) is 0 Å². The number of hydrogen-bond donors (Lipinski definition) is 1. The van der Waals surface area contributed by atoms with Gasteiger partial charge >= 0.3 is 0 Å². The molecule has 4 heteroatoms. The van der Waals surface area contributed by atoms with Crippen molar-refractivity contribution in [3.05, 3.63) is 0 Å². The molecule has 0 saturated carbocycles. The molecule has 0 spiro atoms. The third-order valence-corrected chi connectivity index (χ3v) is 1.87. The van der Waals surface area contributed by atoms with Crippen LogP contribution in [0.3, 0.4) is 0 Å². The van der Waals surface area contributed by atoms with Gasteiger partial charge in [-0.05, 0) is 17.0 Å². The summed E-state index contributed by atoms with van der Waals surface area (Å²) in [5.41, 5.74) is 0. The summed E-state index contributed by atoms with van der Waals surface area (Å²) in [4.78, 5) is 12.5. The molecule has 0 fully saturated rings. The molecule has 0 aromatic rings. The Morgan fingerprint density at radius 3 is 2.50 bits per heavy atom. The van der Waals surface area contributed by atoms with E-state index in [1.54, 1.807) is 20.9 Å². The maximum absolute atomic E-state index is 11.3.